The van der Waals surface area contributed by atoms with Crippen molar-refractivity contribution in [2.45, 2.75) is 179 Å². The molecule has 0 aliphatic carbocycles. The first-order valence-corrected chi connectivity index (χ1v) is 33.6. The van der Waals surface area contributed by atoms with Gasteiger partial charge in [-0.3, -0.25) is 33.8 Å². The lowest BCUT2D eigenvalue weighted by Gasteiger charge is -2.46. The zero-order valence-corrected chi connectivity index (χ0v) is 56.3. The van der Waals surface area contributed by atoms with Crippen LogP contribution < -0.4 is 58.2 Å². The number of nitrogens with two attached hydrogens (primary N) is 2. The van der Waals surface area contributed by atoms with E-state index in [4.69, 9.17) is 44.6 Å². The average molecular weight is 1480 g/mol. The van der Waals surface area contributed by atoms with Gasteiger partial charge in [0.1, 0.15) is 128 Å². The molecular weight excluding hydrogens is 1390 g/mol. The molecule has 10 rings (SSSR count). The molecule has 24 N–H and O–H groups in total. The minimum atomic E-state index is -2.37. The highest BCUT2D eigenvalue weighted by Gasteiger charge is 2.54. The summed E-state index contributed by atoms with van der Waals surface area (Å²) in [7, 11) is 0. The molecule has 38 nitrogen and oxygen atoms in total. The van der Waals surface area contributed by atoms with Crippen LogP contribution in [0.25, 0.3) is 0 Å². The van der Waals surface area contributed by atoms with E-state index in [-0.39, 0.29) is 30.4 Å². The summed E-state index contributed by atoms with van der Waals surface area (Å²) in [6.07, 6.45) is -32.2. The van der Waals surface area contributed by atoms with Crippen molar-refractivity contribution in [2.75, 3.05) is 39.5 Å². The van der Waals surface area contributed by atoms with Crippen molar-refractivity contribution < 1.29 is 128 Å². The number of amides is 6. The standard InChI is InChI=1S/C67H88N12O26/c1-29(33-10-6-3-7-11-33)43-59(95)73-36(20-30-12-18-35(19-13-30)101-64-54(92)50(88)56(41(26-82)103-64)104-65-53(91)49(87)55(40(25-81)102-65)100-28-32-14-16-34(17-15-32)99-27-31-8-4-2-5-9-31)58(94)77-44(46(84)37-21-71-66(68)75-37)61(97)78-45(60(96)74-38(24-80)57(93)70-23-42(83)76-43)47(85)39-22-72-67(69)79(39)62-51(89)48(86)52(90)63(98)105-62/h2-19,29,36-41,43-56,62-65,80-82,84-92,98H,20-28H2,1H3,(H2,69,72)(H,70,93)(H,73,95)(H,74,96)(H,76,83)(H,77,94)(H,78,97)(H3,68,71,75)/t29-,36+,37-,38-,39-,40+,41+,43-,44-,45+,46-,47-,48+,49+,50+,51-,52-,53-,54-,55+,56+,62-,63-,64-,65+/m0/s1. The summed E-state index contributed by atoms with van der Waals surface area (Å²) in [5, 5.41) is 161. The van der Waals surface area contributed by atoms with Crippen LogP contribution in [0.2, 0.25) is 0 Å². The van der Waals surface area contributed by atoms with Gasteiger partial charge in [-0.05, 0) is 46.5 Å². The number of rotatable bonds is 22. The normalized spacial score (nSPS) is 34.0. The van der Waals surface area contributed by atoms with Gasteiger partial charge >= 0.3 is 0 Å². The minimum Gasteiger partial charge on any atom is -0.489 e. The number of guanidine groups is 2. The van der Waals surface area contributed by atoms with Crippen LogP contribution in [0.1, 0.15) is 35.1 Å². The molecule has 105 heavy (non-hydrogen) atoms. The highest BCUT2D eigenvalue weighted by atomic mass is 16.7. The van der Waals surface area contributed by atoms with Crippen LogP contribution in [-0.2, 0) is 72.1 Å². The Hall–Kier alpha value is -8.88. The molecule has 6 heterocycles. The number of aliphatic hydroxyl groups excluding tert-OH is 13. The SMILES string of the molecule is C[C@@H](c1ccccc1)[C@@H]1NC(=O)CNC(=O)[C@H](CO)NC(=O)[C@@H]([C@@H](O)[C@@H]2CN=C(N)N2[C@H]2O[C@H](O)[C@@H](O)[C@H](O)[C@@H]2O)NC(=O)[C@H]([C@@H](O)[C@@H]2CNC(N)=N2)NC(=O)[C@@H](Cc2ccc(O[C@H]3O[C@H](CO)[C@@H](O[C@H]4O[C@H](CO)[C@@H](OCc5ccc(OCc6ccccc6)cc5)[C@H](O)[C@@H]4O)[C@H](O)[C@@H]3O)cc2)NC1=O. The molecule has 0 saturated carbocycles. The molecule has 25 atom stereocenters. The van der Waals surface area contributed by atoms with E-state index in [1.54, 1.807) is 61.5 Å². The second-order valence-electron chi connectivity index (χ2n) is 25.9. The highest BCUT2D eigenvalue weighted by Crippen LogP contribution is 2.34. The van der Waals surface area contributed by atoms with Crippen LogP contribution in [-0.4, -0.2) is 305 Å². The first kappa shape index (κ1) is 78.7. The molecule has 6 aliphatic heterocycles. The number of hydrogen-bond acceptors (Lipinski definition) is 32. The van der Waals surface area contributed by atoms with Crippen molar-refractivity contribution in [1.82, 2.24) is 42.1 Å². The number of benzene rings is 4. The Kier molecular flexibility index (Phi) is 26.6. The van der Waals surface area contributed by atoms with Gasteiger partial charge in [0.25, 0.3) is 0 Å². The van der Waals surface area contributed by atoms with Gasteiger partial charge in [-0.2, -0.15) is 0 Å². The molecule has 6 amide bonds. The number of carbonyl (C=O) groups is 6. The molecular formula is C67H88N12O26. The zero-order valence-electron chi connectivity index (χ0n) is 56.3. The number of carbonyl (C=O) groups excluding carboxylic acids is 6. The highest BCUT2D eigenvalue weighted by molar-refractivity contribution is 5.98. The summed E-state index contributed by atoms with van der Waals surface area (Å²) in [6.45, 7) is -2.72. The first-order valence-electron chi connectivity index (χ1n) is 33.6. The van der Waals surface area contributed by atoms with Crippen LogP contribution in [0.15, 0.2) is 119 Å². The monoisotopic (exact) mass is 1480 g/mol. The Morgan fingerprint density at radius 2 is 1.12 bits per heavy atom. The van der Waals surface area contributed by atoms with E-state index in [0.29, 0.717) is 23.5 Å². The Morgan fingerprint density at radius 1 is 0.552 bits per heavy atom. The second kappa shape index (κ2) is 35.5. The minimum absolute atomic E-state index is 0.0727. The van der Waals surface area contributed by atoms with E-state index in [9.17, 15) is 85.6 Å². The molecule has 4 aromatic rings. The Balaban J connectivity index is 0.872. The molecule has 0 unspecified atom stereocenters. The van der Waals surface area contributed by atoms with Gasteiger partial charge < -0.3 is 153 Å². The lowest BCUT2D eigenvalue weighted by atomic mass is 9.92. The van der Waals surface area contributed by atoms with E-state index in [1.807, 2.05) is 30.3 Å². The zero-order chi connectivity index (χ0) is 75.5. The van der Waals surface area contributed by atoms with E-state index in [2.05, 4.69) is 47.2 Å². The number of nitrogens with one attached hydrogen (secondary N) is 7. The molecule has 4 saturated heterocycles. The smallest absolute Gasteiger partial charge is 0.246 e. The summed E-state index contributed by atoms with van der Waals surface area (Å²) in [6, 6.07) is 17.1. The molecule has 6 aliphatic rings. The van der Waals surface area contributed by atoms with Gasteiger partial charge in [-0.25, -0.2) is 4.99 Å². The predicted octanol–water partition coefficient (Wildman–Crippen LogP) is -9.85. The van der Waals surface area contributed by atoms with Gasteiger partial charge in [0.15, 0.2) is 30.7 Å². The average Bonchev–Trinajstić information content (AvgIpc) is 1.72. The van der Waals surface area contributed by atoms with Gasteiger partial charge in [-0.15, -0.1) is 0 Å². The van der Waals surface area contributed by atoms with E-state index < -0.39 is 233 Å². The maximum absolute atomic E-state index is 15.2. The van der Waals surface area contributed by atoms with Crippen molar-refractivity contribution >= 4 is 47.4 Å². The van der Waals surface area contributed by atoms with Crippen molar-refractivity contribution in [2.24, 2.45) is 21.5 Å². The van der Waals surface area contributed by atoms with Gasteiger partial charge in [0, 0.05) is 18.9 Å². The molecule has 0 radical (unpaired) electrons. The first-order chi connectivity index (χ1) is 50.3. The Bertz CT molecular complexity index is 3650. The van der Waals surface area contributed by atoms with Crippen LogP contribution >= 0.6 is 0 Å². The lowest BCUT2D eigenvalue weighted by Crippen LogP contribution is -2.70. The van der Waals surface area contributed by atoms with Crippen LogP contribution in [0.3, 0.4) is 0 Å². The summed E-state index contributed by atoms with van der Waals surface area (Å²) < 4.78 is 40.7. The molecule has 572 valence electrons. The summed E-state index contributed by atoms with van der Waals surface area (Å²) >= 11 is 0. The third-order valence-electron chi connectivity index (χ3n) is 18.8. The summed E-state index contributed by atoms with van der Waals surface area (Å²) in [5.41, 5.74) is 14.4. The maximum atomic E-state index is 15.2. The van der Waals surface area contributed by atoms with E-state index in [0.717, 1.165) is 10.5 Å². The Labute approximate surface area is 598 Å². The predicted molar refractivity (Wildman–Crippen MR) is 358 cm³/mol. The third-order valence-corrected chi connectivity index (χ3v) is 18.8. The van der Waals surface area contributed by atoms with Crippen molar-refractivity contribution in [1.29, 1.82) is 0 Å². The van der Waals surface area contributed by atoms with Gasteiger partial charge in [0.05, 0.1) is 51.6 Å². The van der Waals surface area contributed by atoms with E-state index in [1.165, 1.54) is 24.3 Å². The van der Waals surface area contributed by atoms with Crippen molar-refractivity contribution in [3.05, 3.63) is 131 Å². The van der Waals surface area contributed by atoms with Gasteiger partial charge in [0.2, 0.25) is 41.7 Å². The third kappa shape index (κ3) is 18.7. The van der Waals surface area contributed by atoms with Crippen LogP contribution in [0.4, 0.5) is 0 Å². The second-order valence-corrected chi connectivity index (χ2v) is 25.9. The number of aliphatic hydroxyl groups is 13. The van der Waals surface area contributed by atoms with Crippen molar-refractivity contribution in [3.8, 4) is 11.5 Å². The number of ether oxygens (including phenoxy) is 7. The fourth-order valence-corrected chi connectivity index (χ4v) is 12.8. The number of hydrogen-bond donors (Lipinski definition) is 22. The summed E-state index contributed by atoms with van der Waals surface area (Å²) in [5.74, 6) is -8.52. The summed E-state index contributed by atoms with van der Waals surface area (Å²) in [4.78, 5) is 96.5. The largest absolute Gasteiger partial charge is 0.489 e. The van der Waals surface area contributed by atoms with Crippen molar-refractivity contribution in [3.63, 3.8) is 0 Å². The quantitative estimate of drug-likeness (QED) is 0.0347. The molecule has 4 fully saturated rings. The fraction of sp³-hybridized carbons (Fsp3) is 0.522. The van der Waals surface area contributed by atoms with Crippen LogP contribution in [0, 0.1) is 0 Å². The lowest BCUT2D eigenvalue weighted by molar-refractivity contribution is -0.355. The Morgan fingerprint density at radius 3 is 1.78 bits per heavy atom. The molecule has 0 aromatic heterocycles. The molecule has 4 aromatic carbocycles. The topological polar surface area (TPSA) is 594 Å². The van der Waals surface area contributed by atoms with E-state index >= 15 is 9.59 Å². The maximum Gasteiger partial charge on any atom is 0.246 e. The molecule has 0 bridgehead atoms. The molecule has 38 heteroatoms. The fourth-order valence-electron chi connectivity index (χ4n) is 12.8. The molecule has 0 spiro atoms. The van der Waals surface area contributed by atoms with Crippen LogP contribution in [0.5, 0.6) is 11.5 Å². The number of nitrogens with zero attached hydrogens (tertiary/aromatic N) is 3. The van der Waals surface area contributed by atoms with Gasteiger partial charge in [-0.1, -0.05) is 91.9 Å². The number of aliphatic imine (C=N–C) groups is 2.